The summed E-state index contributed by atoms with van der Waals surface area (Å²) in [5.41, 5.74) is 4.70. The monoisotopic (exact) mass is 264 g/mol. The lowest BCUT2D eigenvalue weighted by Gasteiger charge is -2.10. The number of imide groups is 1. The molecule has 0 aromatic rings. The molecule has 9 heteroatoms. The summed E-state index contributed by atoms with van der Waals surface area (Å²) in [6.07, 6.45) is -0.718. The number of alkyl halides is 2. The van der Waals surface area contributed by atoms with Gasteiger partial charge in [-0.2, -0.15) is 0 Å². The van der Waals surface area contributed by atoms with Crippen LogP contribution in [0, 0.1) is 0 Å². The number of amides is 4. The van der Waals surface area contributed by atoms with E-state index in [4.69, 9.17) is 5.73 Å². The van der Waals surface area contributed by atoms with E-state index >= 15 is 0 Å². The van der Waals surface area contributed by atoms with E-state index in [1.54, 1.807) is 0 Å². The largest absolute Gasteiger partial charge is 0.354 e. The van der Waals surface area contributed by atoms with Gasteiger partial charge in [0, 0.05) is 19.4 Å². The molecule has 0 radical (unpaired) electrons. The van der Waals surface area contributed by atoms with Crippen molar-refractivity contribution in [2.75, 3.05) is 13.1 Å². The molecule has 18 heavy (non-hydrogen) atoms. The Morgan fingerprint density at radius 2 is 2.06 bits per heavy atom. The molecule has 0 aromatic heterocycles. The second-order valence-corrected chi connectivity index (χ2v) is 3.95. The van der Waals surface area contributed by atoms with Crippen molar-refractivity contribution in [2.45, 2.75) is 24.8 Å². The predicted octanol–water partition coefficient (Wildman–Crippen LogP) is -1.32. The van der Waals surface area contributed by atoms with Crippen molar-refractivity contribution in [3.8, 4) is 0 Å². The van der Waals surface area contributed by atoms with E-state index in [-0.39, 0.29) is 13.0 Å². The maximum absolute atomic E-state index is 12.8. The summed E-state index contributed by atoms with van der Waals surface area (Å²) in [6, 6.07) is -1.94. The third-order valence-corrected chi connectivity index (χ3v) is 2.34. The standard InChI is InChI=1S/C9H14F2N4O3/c10-9(11)3-5(14-4-9)7(17)13-2-1-6(16)15-8(12)18/h5,14H,1-4H2,(H,13,17)(H3,12,15,16,18). The number of carbonyl (C=O) groups is 3. The van der Waals surface area contributed by atoms with Crippen molar-refractivity contribution < 1.29 is 23.2 Å². The zero-order chi connectivity index (χ0) is 13.8. The first-order chi connectivity index (χ1) is 8.30. The van der Waals surface area contributed by atoms with Crippen LogP contribution in [0.4, 0.5) is 13.6 Å². The lowest BCUT2D eigenvalue weighted by atomic mass is 10.2. The molecule has 0 saturated carbocycles. The van der Waals surface area contributed by atoms with Crippen LogP contribution in [0.3, 0.4) is 0 Å². The van der Waals surface area contributed by atoms with Crippen molar-refractivity contribution in [3.63, 3.8) is 0 Å². The summed E-state index contributed by atoms with van der Waals surface area (Å²) in [5.74, 6) is -4.13. The number of carbonyl (C=O) groups excluding carboxylic acids is 3. The molecule has 4 amide bonds. The van der Waals surface area contributed by atoms with Gasteiger partial charge < -0.3 is 11.1 Å². The van der Waals surface area contributed by atoms with E-state index in [1.165, 1.54) is 0 Å². The topological polar surface area (TPSA) is 113 Å². The number of hydrogen-bond acceptors (Lipinski definition) is 4. The summed E-state index contributed by atoms with van der Waals surface area (Å²) in [4.78, 5) is 32.7. The average molecular weight is 264 g/mol. The summed E-state index contributed by atoms with van der Waals surface area (Å²) < 4.78 is 25.6. The average Bonchev–Trinajstić information content (AvgIpc) is 2.57. The third-order valence-electron chi connectivity index (χ3n) is 2.34. The minimum absolute atomic E-state index is 0.0539. The van der Waals surface area contributed by atoms with Crippen LogP contribution in [-0.2, 0) is 9.59 Å². The zero-order valence-corrected chi connectivity index (χ0v) is 9.46. The fourth-order valence-corrected chi connectivity index (χ4v) is 1.52. The first-order valence-corrected chi connectivity index (χ1v) is 5.28. The van der Waals surface area contributed by atoms with Crippen LogP contribution in [0.15, 0.2) is 0 Å². The van der Waals surface area contributed by atoms with E-state index < -0.39 is 42.8 Å². The molecule has 0 spiro atoms. The molecule has 0 aromatic carbocycles. The number of primary amides is 1. The minimum Gasteiger partial charge on any atom is -0.354 e. The number of nitrogens with two attached hydrogens (primary N) is 1. The third kappa shape index (κ3) is 4.62. The van der Waals surface area contributed by atoms with Crippen molar-refractivity contribution >= 4 is 17.8 Å². The van der Waals surface area contributed by atoms with Gasteiger partial charge in [-0.1, -0.05) is 0 Å². The summed E-state index contributed by atoms with van der Waals surface area (Å²) in [5, 5.41) is 6.51. The van der Waals surface area contributed by atoms with Gasteiger partial charge in [0.1, 0.15) is 0 Å². The van der Waals surface area contributed by atoms with E-state index in [0.717, 1.165) is 0 Å². The van der Waals surface area contributed by atoms with Crippen LogP contribution in [-0.4, -0.2) is 42.9 Å². The highest BCUT2D eigenvalue weighted by molar-refractivity contribution is 5.93. The highest BCUT2D eigenvalue weighted by Crippen LogP contribution is 2.24. The molecular weight excluding hydrogens is 250 g/mol. The van der Waals surface area contributed by atoms with Gasteiger partial charge in [0.2, 0.25) is 11.8 Å². The van der Waals surface area contributed by atoms with E-state index in [9.17, 15) is 23.2 Å². The molecule has 1 heterocycles. The lowest BCUT2D eigenvalue weighted by molar-refractivity contribution is -0.123. The van der Waals surface area contributed by atoms with Crippen LogP contribution in [0.25, 0.3) is 0 Å². The Labute approximate surface area is 101 Å². The normalized spacial score (nSPS) is 21.3. The van der Waals surface area contributed by atoms with Gasteiger partial charge in [0.15, 0.2) is 0 Å². The molecule has 5 N–H and O–H groups in total. The Morgan fingerprint density at radius 1 is 1.39 bits per heavy atom. The SMILES string of the molecule is NC(=O)NC(=O)CCNC(=O)C1CC(F)(F)CN1. The van der Waals surface area contributed by atoms with E-state index in [0.29, 0.717) is 0 Å². The van der Waals surface area contributed by atoms with E-state index in [1.807, 2.05) is 5.32 Å². The molecule has 1 unspecified atom stereocenters. The smallest absolute Gasteiger partial charge is 0.318 e. The molecule has 0 aliphatic carbocycles. The van der Waals surface area contributed by atoms with Crippen molar-refractivity contribution in [3.05, 3.63) is 0 Å². The second kappa shape index (κ2) is 5.71. The van der Waals surface area contributed by atoms with Crippen LogP contribution in [0.5, 0.6) is 0 Å². The van der Waals surface area contributed by atoms with E-state index in [2.05, 4.69) is 10.6 Å². The number of hydrogen-bond donors (Lipinski definition) is 4. The predicted molar refractivity (Wildman–Crippen MR) is 56.7 cm³/mol. The molecule has 1 aliphatic rings. The molecule has 1 aliphatic heterocycles. The minimum atomic E-state index is -2.88. The first-order valence-electron chi connectivity index (χ1n) is 5.28. The van der Waals surface area contributed by atoms with Crippen LogP contribution >= 0.6 is 0 Å². The Hall–Kier alpha value is -1.77. The van der Waals surface area contributed by atoms with Gasteiger partial charge in [-0.25, -0.2) is 13.6 Å². The van der Waals surface area contributed by atoms with Gasteiger partial charge in [0.05, 0.1) is 12.6 Å². The zero-order valence-electron chi connectivity index (χ0n) is 9.46. The quantitative estimate of drug-likeness (QED) is 0.504. The Morgan fingerprint density at radius 3 is 2.56 bits per heavy atom. The number of urea groups is 1. The van der Waals surface area contributed by atoms with Crippen LogP contribution in [0.2, 0.25) is 0 Å². The van der Waals surface area contributed by atoms with Gasteiger partial charge >= 0.3 is 6.03 Å². The Balaban J connectivity index is 2.22. The van der Waals surface area contributed by atoms with Gasteiger partial charge in [0.25, 0.3) is 5.92 Å². The molecule has 1 atom stereocenters. The maximum atomic E-state index is 12.8. The summed E-state index contributed by atoms with van der Waals surface area (Å²) >= 11 is 0. The van der Waals surface area contributed by atoms with Crippen LogP contribution in [0.1, 0.15) is 12.8 Å². The van der Waals surface area contributed by atoms with Crippen molar-refractivity contribution in [1.82, 2.24) is 16.0 Å². The van der Waals surface area contributed by atoms with Crippen LogP contribution < -0.4 is 21.7 Å². The Kier molecular flexibility index (Phi) is 4.54. The summed E-state index contributed by atoms with van der Waals surface area (Å²) in [7, 11) is 0. The molecule has 1 rings (SSSR count). The molecule has 1 saturated heterocycles. The maximum Gasteiger partial charge on any atom is 0.318 e. The molecule has 0 bridgehead atoms. The van der Waals surface area contributed by atoms with Crippen molar-refractivity contribution in [2.24, 2.45) is 5.73 Å². The number of nitrogens with one attached hydrogen (secondary N) is 3. The van der Waals surface area contributed by atoms with Gasteiger partial charge in [-0.05, 0) is 0 Å². The fourth-order valence-electron chi connectivity index (χ4n) is 1.52. The molecule has 7 nitrogen and oxygen atoms in total. The Bertz CT molecular complexity index is 362. The number of halogens is 2. The highest BCUT2D eigenvalue weighted by Gasteiger charge is 2.42. The fraction of sp³-hybridized carbons (Fsp3) is 0.667. The van der Waals surface area contributed by atoms with Crippen molar-refractivity contribution in [1.29, 1.82) is 0 Å². The molecule has 102 valence electrons. The molecular formula is C9H14F2N4O3. The highest BCUT2D eigenvalue weighted by atomic mass is 19.3. The second-order valence-electron chi connectivity index (χ2n) is 3.95. The summed E-state index contributed by atoms with van der Waals surface area (Å²) in [6.45, 7) is -0.588. The number of rotatable bonds is 4. The molecule has 1 fully saturated rings. The first kappa shape index (κ1) is 14.3. The van der Waals surface area contributed by atoms with Gasteiger partial charge in [-0.3, -0.25) is 20.2 Å². The lowest BCUT2D eigenvalue weighted by Crippen LogP contribution is -2.42. The van der Waals surface area contributed by atoms with Gasteiger partial charge in [-0.15, -0.1) is 0 Å².